The first-order valence-electron chi connectivity index (χ1n) is 8.41. The van der Waals surface area contributed by atoms with Crippen molar-refractivity contribution in [1.82, 2.24) is 20.4 Å². The standard InChI is InChI=1S/C19H21N5O2/c1-12(2)16(22-19(25)21-15-6-4-13(3)5-7-15)18-23-17(24-26-18)14-8-10-20-11-9-14/h4-12,16H,1-3H3,(H2,21,22,25). The Morgan fingerprint density at radius 2 is 1.77 bits per heavy atom. The van der Waals surface area contributed by atoms with Gasteiger partial charge in [-0.25, -0.2) is 4.79 Å². The lowest BCUT2D eigenvalue weighted by Gasteiger charge is -2.19. The first-order chi connectivity index (χ1) is 12.5. The van der Waals surface area contributed by atoms with Crippen LogP contribution in [0.1, 0.15) is 31.3 Å². The molecular weight excluding hydrogens is 330 g/mol. The van der Waals surface area contributed by atoms with Crippen LogP contribution in [0.3, 0.4) is 0 Å². The molecule has 1 atom stereocenters. The minimum atomic E-state index is -0.400. The number of carbonyl (C=O) groups excluding carboxylic acids is 1. The van der Waals surface area contributed by atoms with Crippen molar-refractivity contribution >= 4 is 11.7 Å². The number of anilines is 1. The van der Waals surface area contributed by atoms with Crippen LogP contribution in [0, 0.1) is 12.8 Å². The summed E-state index contributed by atoms with van der Waals surface area (Å²) in [6.07, 6.45) is 3.33. The highest BCUT2D eigenvalue weighted by atomic mass is 16.5. The third-order valence-corrected chi connectivity index (χ3v) is 3.91. The van der Waals surface area contributed by atoms with Crippen LogP contribution in [0.4, 0.5) is 10.5 Å². The molecule has 0 aliphatic carbocycles. The molecule has 0 bridgehead atoms. The van der Waals surface area contributed by atoms with Gasteiger partial charge in [0.2, 0.25) is 11.7 Å². The first kappa shape index (κ1) is 17.6. The molecule has 1 unspecified atom stereocenters. The molecule has 0 spiro atoms. The van der Waals surface area contributed by atoms with Crippen molar-refractivity contribution in [2.75, 3.05) is 5.32 Å². The van der Waals surface area contributed by atoms with Gasteiger partial charge in [0.1, 0.15) is 6.04 Å². The third-order valence-electron chi connectivity index (χ3n) is 3.91. The third kappa shape index (κ3) is 4.24. The molecule has 0 saturated carbocycles. The van der Waals surface area contributed by atoms with E-state index in [0.717, 1.165) is 16.8 Å². The largest absolute Gasteiger partial charge is 0.337 e. The van der Waals surface area contributed by atoms with Crippen molar-refractivity contribution in [2.24, 2.45) is 5.92 Å². The molecule has 0 aliphatic heterocycles. The van der Waals surface area contributed by atoms with E-state index in [4.69, 9.17) is 4.52 Å². The second-order valence-electron chi connectivity index (χ2n) is 6.38. The van der Waals surface area contributed by atoms with Gasteiger partial charge in [0.25, 0.3) is 0 Å². The first-order valence-corrected chi connectivity index (χ1v) is 8.41. The molecule has 2 heterocycles. The lowest BCUT2D eigenvalue weighted by Crippen LogP contribution is -2.35. The second kappa shape index (κ2) is 7.77. The number of urea groups is 1. The van der Waals surface area contributed by atoms with E-state index >= 15 is 0 Å². The van der Waals surface area contributed by atoms with Crippen LogP contribution in [0.2, 0.25) is 0 Å². The molecule has 3 aromatic rings. The van der Waals surface area contributed by atoms with E-state index in [1.807, 2.05) is 45.0 Å². The van der Waals surface area contributed by atoms with Gasteiger partial charge in [-0.2, -0.15) is 4.98 Å². The minimum absolute atomic E-state index is 0.0736. The van der Waals surface area contributed by atoms with Crippen molar-refractivity contribution in [3.63, 3.8) is 0 Å². The molecular formula is C19H21N5O2. The fourth-order valence-electron chi connectivity index (χ4n) is 2.44. The molecule has 0 aliphatic rings. The van der Waals surface area contributed by atoms with Gasteiger partial charge in [0, 0.05) is 23.6 Å². The topological polar surface area (TPSA) is 92.9 Å². The monoisotopic (exact) mass is 351 g/mol. The number of amides is 2. The number of rotatable bonds is 5. The predicted molar refractivity (Wildman–Crippen MR) is 98.4 cm³/mol. The summed E-state index contributed by atoms with van der Waals surface area (Å²) >= 11 is 0. The van der Waals surface area contributed by atoms with Crippen molar-refractivity contribution < 1.29 is 9.32 Å². The summed E-state index contributed by atoms with van der Waals surface area (Å²) < 4.78 is 5.39. The van der Waals surface area contributed by atoms with Crippen molar-refractivity contribution in [2.45, 2.75) is 26.8 Å². The van der Waals surface area contributed by atoms with Gasteiger partial charge in [-0.1, -0.05) is 36.7 Å². The van der Waals surface area contributed by atoms with Crippen LogP contribution in [0.5, 0.6) is 0 Å². The normalized spacial score (nSPS) is 12.0. The van der Waals surface area contributed by atoms with Gasteiger partial charge < -0.3 is 15.2 Å². The average Bonchev–Trinajstić information content (AvgIpc) is 3.12. The van der Waals surface area contributed by atoms with Crippen LogP contribution in [0.25, 0.3) is 11.4 Å². The smallest absolute Gasteiger partial charge is 0.319 e. The van der Waals surface area contributed by atoms with Crippen molar-refractivity contribution in [3.05, 3.63) is 60.2 Å². The van der Waals surface area contributed by atoms with E-state index in [2.05, 4.69) is 25.8 Å². The molecule has 0 saturated heterocycles. The van der Waals surface area contributed by atoms with E-state index in [-0.39, 0.29) is 11.9 Å². The van der Waals surface area contributed by atoms with Gasteiger partial charge in [-0.05, 0) is 37.1 Å². The summed E-state index contributed by atoms with van der Waals surface area (Å²) in [7, 11) is 0. The fourth-order valence-corrected chi connectivity index (χ4v) is 2.44. The Hall–Kier alpha value is -3.22. The highest BCUT2D eigenvalue weighted by Gasteiger charge is 2.25. The molecule has 134 valence electrons. The lowest BCUT2D eigenvalue weighted by molar-refractivity contribution is 0.236. The maximum absolute atomic E-state index is 12.3. The van der Waals surface area contributed by atoms with E-state index in [1.54, 1.807) is 24.5 Å². The summed E-state index contributed by atoms with van der Waals surface area (Å²) in [4.78, 5) is 20.7. The summed E-state index contributed by atoms with van der Waals surface area (Å²) in [5.41, 5.74) is 2.66. The minimum Gasteiger partial charge on any atom is -0.337 e. The Bertz CT molecular complexity index is 859. The Kier molecular flexibility index (Phi) is 5.26. The molecule has 7 heteroatoms. The summed E-state index contributed by atoms with van der Waals surface area (Å²) in [6.45, 7) is 5.95. The quantitative estimate of drug-likeness (QED) is 0.726. The van der Waals surface area contributed by atoms with Crippen molar-refractivity contribution in [1.29, 1.82) is 0 Å². The van der Waals surface area contributed by atoms with E-state index < -0.39 is 6.04 Å². The zero-order valence-corrected chi connectivity index (χ0v) is 14.9. The number of hydrogen-bond acceptors (Lipinski definition) is 5. The highest BCUT2D eigenvalue weighted by Crippen LogP contribution is 2.23. The zero-order chi connectivity index (χ0) is 18.5. The summed E-state index contributed by atoms with van der Waals surface area (Å²) in [5, 5.41) is 9.72. The van der Waals surface area contributed by atoms with Crippen LogP contribution >= 0.6 is 0 Å². The number of hydrogen-bond donors (Lipinski definition) is 2. The van der Waals surface area contributed by atoms with Crippen LogP contribution in [0.15, 0.2) is 53.3 Å². The number of aromatic nitrogens is 3. The van der Waals surface area contributed by atoms with E-state index in [0.29, 0.717) is 11.7 Å². The van der Waals surface area contributed by atoms with Gasteiger partial charge >= 0.3 is 6.03 Å². The van der Waals surface area contributed by atoms with Gasteiger partial charge in [-0.15, -0.1) is 0 Å². The lowest BCUT2D eigenvalue weighted by atomic mass is 10.0. The van der Waals surface area contributed by atoms with Crippen LogP contribution in [-0.2, 0) is 0 Å². The van der Waals surface area contributed by atoms with Crippen LogP contribution in [-0.4, -0.2) is 21.2 Å². The predicted octanol–water partition coefficient (Wildman–Crippen LogP) is 3.96. The van der Waals surface area contributed by atoms with E-state index in [1.165, 1.54) is 0 Å². The van der Waals surface area contributed by atoms with Crippen molar-refractivity contribution in [3.8, 4) is 11.4 Å². The molecule has 26 heavy (non-hydrogen) atoms. The highest BCUT2D eigenvalue weighted by molar-refractivity contribution is 5.89. The summed E-state index contributed by atoms with van der Waals surface area (Å²) in [5.74, 6) is 0.907. The molecule has 3 rings (SSSR count). The number of pyridine rings is 1. The molecule has 2 amide bonds. The Balaban J connectivity index is 1.72. The molecule has 0 radical (unpaired) electrons. The van der Waals surface area contributed by atoms with Gasteiger partial charge in [0.15, 0.2) is 0 Å². The molecule has 1 aromatic carbocycles. The maximum Gasteiger partial charge on any atom is 0.319 e. The van der Waals surface area contributed by atoms with Gasteiger partial charge in [-0.3, -0.25) is 4.98 Å². The number of benzene rings is 1. The number of aryl methyl sites for hydroxylation is 1. The molecule has 7 nitrogen and oxygen atoms in total. The Labute approximate surface area is 151 Å². The zero-order valence-electron chi connectivity index (χ0n) is 14.9. The number of carbonyl (C=O) groups is 1. The number of nitrogens with one attached hydrogen (secondary N) is 2. The average molecular weight is 351 g/mol. The van der Waals surface area contributed by atoms with Crippen LogP contribution < -0.4 is 10.6 Å². The molecule has 2 aromatic heterocycles. The SMILES string of the molecule is Cc1ccc(NC(=O)NC(c2nc(-c3ccncc3)no2)C(C)C)cc1. The molecule has 0 fully saturated rings. The fraction of sp³-hybridized carbons (Fsp3) is 0.263. The van der Waals surface area contributed by atoms with Gasteiger partial charge in [0.05, 0.1) is 0 Å². The number of nitrogens with zero attached hydrogens (tertiary/aromatic N) is 3. The summed E-state index contributed by atoms with van der Waals surface area (Å²) in [6, 6.07) is 10.5. The second-order valence-corrected chi connectivity index (χ2v) is 6.38. The Morgan fingerprint density at radius 3 is 2.42 bits per heavy atom. The Morgan fingerprint density at radius 1 is 1.08 bits per heavy atom. The maximum atomic E-state index is 12.3. The molecule has 2 N–H and O–H groups in total. The van der Waals surface area contributed by atoms with E-state index in [9.17, 15) is 4.79 Å².